The lowest BCUT2D eigenvalue weighted by Crippen LogP contribution is -2.42. The molecule has 17 heavy (non-hydrogen) atoms. The minimum atomic E-state index is -0.639. The summed E-state index contributed by atoms with van der Waals surface area (Å²) in [4.78, 5) is 11.6. The van der Waals surface area contributed by atoms with Gasteiger partial charge in [-0.1, -0.05) is 24.2 Å². The predicted octanol–water partition coefficient (Wildman–Crippen LogP) is 0.485. The van der Waals surface area contributed by atoms with Crippen LogP contribution in [-0.2, 0) is 0 Å². The first-order valence-corrected chi connectivity index (χ1v) is 5.06. The second-order valence-electron chi connectivity index (χ2n) is 4.38. The minimum Gasteiger partial charge on any atom is -0.409 e. The van der Waals surface area contributed by atoms with Crippen molar-refractivity contribution in [2.45, 2.75) is 20.8 Å². The van der Waals surface area contributed by atoms with E-state index in [1.54, 1.807) is 20.8 Å². The minimum absolute atomic E-state index is 0.0477. The molecule has 0 fully saturated rings. The van der Waals surface area contributed by atoms with Gasteiger partial charge in [-0.2, -0.15) is 0 Å². The Hall–Kier alpha value is -2.05. The normalized spacial score (nSPS) is 12.5. The van der Waals surface area contributed by atoms with Gasteiger partial charge in [-0.25, -0.2) is 0 Å². The van der Waals surface area contributed by atoms with Crippen LogP contribution in [0.1, 0.15) is 30.1 Å². The molecule has 1 heterocycles. The van der Waals surface area contributed by atoms with Crippen LogP contribution < -0.4 is 11.1 Å². The number of carbonyl (C=O) groups is 1. The second-order valence-corrected chi connectivity index (χ2v) is 4.38. The molecule has 7 nitrogen and oxygen atoms in total. The van der Waals surface area contributed by atoms with Gasteiger partial charge in [0.1, 0.15) is 5.84 Å². The van der Waals surface area contributed by atoms with Gasteiger partial charge in [0.2, 0.25) is 5.76 Å². The molecular weight excluding hydrogens is 224 g/mol. The van der Waals surface area contributed by atoms with Crippen molar-refractivity contribution < 1.29 is 14.5 Å². The molecule has 0 spiro atoms. The molecule has 1 aromatic rings. The van der Waals surface area contributed by atoms with Crippen molar-refractivity contribution in [1.29, 1.82) is 0 Å². The lowest BCUT2D eigenvalue weighted by molar-refractivity contribution is 0.0907. The first-order valence-electron chi connectivity index (χ1n) is 5.06. The summed E-state index contributed by atoms with van der Waals surface area (Å²) in [5, 5.41) is 17.7. The summed E-state index contributed by atoms with van der Waals surface area (Å²) in [5.74, 6) is -0.200. The maximum atomic E-state index is 11.6. The molecule has 0 aliphatic heterocycles. The van der Waals surface area contributed by atoms with E-state index in [-0.39, 0.29) is 24.0 Å². The SMILES string of the molecule is Cc1cc(C(=O)NCC(C)(C)/C(N)=N/O)on1. The van der Waals surface area contributed by atoms with Crippen LogP contribution in [0, 0.1) is 12.3 Å². The van der Waals surface area contributed by atoms with E-state index in [1.165, 1.54) is 6.07 Å². The zero-order valence-electron chi connectivity index (χ0n) is 10.0. The van der Waals surface area contributed by atoms with E-state index < -0.39 is 5.41 Å². The molecular formula is C10H16N4O3. The van der Waals surface area contributed by atoms with Gasteiger partial charge < -0.3 is 20.8 Å². The van der Waals surface area contributed by atoms with Crippen LogP contribution in [0.25, 0.3) is 0 Å². The van der Waals surface area contributed by atoms with Crippen molar-refractivity contribution in [2.75, 3.05) is 6.54 Å². The fourth-order valence-electron chi connectivity index (χ4n) is 1.08. The van der Waals surface area contributed by atoms with Crippen LogP contribution in [0.3, 0.4) is 0 Å². The molecule has 0 saturated carbocycles. The lowest BCUT2D eigenvalue weighted by Gasteiger charge is -2.22. The topological polar surface area (TPSA) is 114 Å². The Labute approximate surface area is 98.6 Å². The molecule has 0 aliphatic rings. The number of amides is 1. The van der Waals surface area contributed by atoms with Gasteiger partial charge in [0.05, 0.1) is 5.69 Å². The van der Waals surface area contributed by atoms with Crippen molar-refractivity contribution >= 4 is 11.7 Å². The Balaban J connectivity index is 2.60. The Morgan fingerprint density at radius 2 is 2.35 bits per heavy atom. The highest BCUT2D eigenvalue weighted by atomic mass is 16.5. The smallest absolute Gasteiger partial charge is 0.289 e. The molecule has 7 heteroatoms. The van der Waals surface area contributed by atoms with Crippen LogP contribution in [0.5, 0.6) is 0 Å². The highest BCUT2D eigenvalue weighted by Crippen LogP contribution is 2.13. The molecule has 0 aromatic carbocycles. The molecule has 0 saturated heterocycles. The number of rotatable bonds is 4. The van der Waals surface area contributed by atoms with Crippen molar-refractivity contribution in [3.8, 4) is 0 Å². The van der Waals surface area contributed by atoms with E-state index in [0.717, 1.165) is 0 Å². The molecule has 0 bridgehead atoms. The maximum absolute atomic E-state index is 11.6. The van der Waals surface area contributed by atoms with Crippen molar-refractivity contribution in [2.24, 2.45) is 16.3 Å². The zero-order valence-corrected chi connectivity index (χ0v) is 10.0. The molecule has 1 aromatic heterocycles. The van der Waals surface area contributed by atoms with Crippen LogP contribution >= 0.6 is 0 Å². The van der Waals surface area contributed by atoms with Gasteiger partial charge >= 0.3 is 0 Å². The summed E-state index contributed by atoms with van der Waals surface area (Å²) in [6.45, 7) is 5.43. The summed E-state index contributed by atoms with van der Waals surface area (Å²) in [7, 11) is 0. The van der Waals surface area contributed by atoms with Crippen LogP contribution in [0.2, 0.25) is 0 Å². The molecule has 4 N–H and O–H groups in total. The largest absolute Gasteiger partial charge is 0.409 e. The number of nitrogens with one attached hydrogen (secondary N) is 1. The van der Waals surface area contributed by atoms with Crippen molar-refractivity contribution in [1.82, 2.24) is 10.5 Å². The van der Waals surface area contributed by atoms with Gasteiger partial charge in [-0.3, -0.25) is 4.79 Å². The molecule has 0 unspecified atom stereocenters. The number of oxime groups is 1. The average Bonchev–Trinajstić information content (AvgIpc) is 2.71. The summed E-state index contributed by atoms with van der Waals surface area (Å²) in [6.07, 6.45) is 0. The van der Waals surface area contributed by atoms with Gasteiger partial charge in [-0.05, 0) is 6.92 Å². The molecule has 0 radical (unpaired) electrons. The van der Waals surface area contributed by atoms with Gasteiger partial charge in [0.25, 0.3) is 5.91 Å². The summed E-state index contributed by atoms with van der Waals surface area (Å²) < 4.78 is 4.81. The Morgan fingerprint density at radius 1 is 1.71 bits per heavy atom. The number of aromatic nitrogens is 1. The van der Waals surface area contributed by atoms with Crippen molar-refractivity contribution in [3.05, 3.63) is 17.5 Å². The van der Waals surface area contributed by atoms with E-state index in [9.17, 15) is 4.79 Å². The molecule has 94 valence electrons. The number of hydrogen-bond donors (Lipinski definition) is 3. The highest BCUT2D eigenvalue weighted by Gasteiger charge is 2.25. The molecule has 0 atom stereocenters. The second kappa shape index (κ2) is 4.86. The number of nitrogens with two attached hydrogens (primary N) is 1. The maximum Gasteiger partial charge on any atom is 0.289 e. The third kappa shape index (κ3) is 3.20. The third-order valence-electron chi connectivity index (χ3n) is 2.34. The number of carbonyl (C=O) groups excluding carboxylic acids is 1. The van der Waals surface area contributed by atoms with E-state index in [2.05, 4.69) is 15.6 Å². The first kappa shape index (κ1) is 13.0. The predicted molar refractivity (Wildman–Crippen MR) is 60.8 cm³/mol. The van der Waals surface area contributed by atoms with E-state index in [1.807, 2.05) is 0 Å². The average molecular weight is 240 g/mol. The van der Waals surface area contributed by atoms with E-state index in [0.29, 0.717) is 5.69 Å². The number of nitrogens with zero attached hydrogens (tertiary/aromatic N) is 2. The Morgan fingerprint density at radius 3 is 2.82 bits per heavy atom. The van der Waals surface area contributed by atoms with E-state index >= 15 is 0 Å². The Kier molecular flexibility index (Phi) is 3.72. The summed E-state index contributed by atoms with van der Waals surface area (Å²) in [5.41, 5.74) is 5.48. The standard InChI is InChI=1S/C10H16N4O3/c1-6-4-7(17-14-6)8(15)12-5-10(2,3)9(11)13-16/h4,16H,5H2,1-3H3,(H2,11,13)(H,12,15). The molecule has 0 aliphatic carbocycles. The fourth-order valence-corrected chi connectivity index (χ4v) is 1.08. The monoisotopic (exact) mass is 240 g/mol. The zero-order chi connectivity index (χ0) is 13.1. The first-order chi connectivity index (χ1) is 7.86. The quantitative estimate of drug-likeness (QED) is 0.306. The highest BCUT2D eigenvalue weighted by molar-refractivity contribution is 5.92. The van der Waals surface area contributed by atoms with Gasteiger partial charge in [0.15, 0.2) is 0 Å². The number of aryl methyl sites for hydroxylation is 1. The summed E-state index contributed by atoms with van der Waals surface area (Å²) in [6, 6.07) is 1.53. The number of amidine groups is 1. The Bertz CT molecular complexity index is 437. The van der Waals surface area contributed by atoms with Crippen LogP contribution in [-0.4, -0.2) is 28.7 Å². The van der Waals surface area contributed by atoms with E-state index in [4.69, 9.17) is 15.5 Å². The van der Waals surface area contributed by atoms with Crippen LogP contribution in [0.15, 0.2) is 15.7 Å². The van der Waals surface area contributed by atoms with Gasteiger partial charge in [0, 0.05) is 18.0 Å². The third-order valence-corrected chi connectivity index (χ3v) is 2.34. The summed E-state index contributed by atoms with van der Waals surface area (Å²) >= 11 is 0. The number of hydrogen-bond acceptors (Lipinski definition) is 5. The lowest BCUT2D eigenvalue weighted by atomic mass is 9.92. The molecule has 1 amide bonds. The fraction of sp³-hybridized carbons (Fsp3) is 0.500. The molecule has 1 rings (SSSR count). The van der Waals surface area contributed by atoms with Gasteiger partial charge in [-0.15, -0.1) is 0 Å². The van der Waals surface area contributed by atoms with Crippen molar-refractivity contribution in [3.63, 3.8) is 0 Å². The van der Waals surface area contributed by atoms with Crippen LogP contribution in [0.4, 0.5) is 0 Å².